The van der Waals surface area contributed by atoms with Crippen LogP contribution in [0.15, 0.2) is 40.9 Å². The number of aryl methyl sites for hydroxylation is 4. The van der Waals surface area contributed by atoms with Crippen molar-refractivity contribution in [1.82, 2.24) is 4.90 Å². The van der Waals surface area contributed by atoms with Crippen molar-refractivity contribution in [2.45, 2.75) is 53.9 Å². The monoisotopic (exact) mass is 435 g/mol. The van der Waals surface area contributed by atoms with Crippen LogP contribution in [0.4, 0.5) is 4.39 Å². The van der Waals surface area contributed by atoms with Gasteiger partial charge in [0.15, 0.2) is 0 Å². The van der Waals surface area contributed by atoms with Crippen LogP contribution in [0.1, 0.15) is 48.4 Å². The molecule has 1 heterocycles. The summed E-state index contributed by atoms with van der Waals surface area (Å²) in [5.74, 6) is 0.852. The maximum absolute atomic E-state index is 12.6. The van der Waals surface area contributed by atoms with E-state index in [4.69, 9.17) is 0 Å². The molecule has 1 saturated heterocycles. The first-order chi connectivity index (χ1) is 12.7. The zero-order valence-corrected chi connectivity index (χ0v) is 19.4. The molecule has 0 N–H and O–H groups in total. The molecule has 150 valence electrons. The average molecular weight is 436 g/mol. The van der Waals surface area contributed by atoms with E-state index in [1.807, 2.05) is 13.0 Å². The lowest BCUT2D eigenvalue weighted by molar-refractivity contribution is 0.344. The molecule has 2 aromatic carbocycles. The lowest BCUT2D eigenvalue weighted by Crippen LogP contribution is -2.18. The molecule has 1 aliphatic heterocycles. The fourth-order valence-corrected chi connectivity index (χ4v) is 3.30. The number of rotatable bonds is 0. The molecule has 0 bridgehead atoms. The van der Waals surface area contributed by atoms with Crippen LogP contribution in [0.25, 0.3) is 0 Å². The minimum atomic E-state index is -0.116. The smallest absolute Gasteiger partial charge is 0.126 e. The summed E-state index contributed by atoms with van der Waals surface area (Å²) >= 11 is 3.45. The molecule has 1 unspecified atom stereocenters. The summed E-state index contributed by atoms with van der Waals surface area (Å²) < 4.78 is 13.8. The summed E-state index contributed by atoms with van der Waals surface area (Å²) in [6.07, 6.45) is 4.23. The first-order valence-corrected chi connectivity index (χ1v) is 10.6. The van der Waals surface area contributed by atoms with Gasteiger partial charge in [0.05, 0.1) is 0 Å². The number of hydrogen-bond donors (Lipinski definition) is 0. The number of nitrogens with zero attached hydrogens (tertiary/aromatic N) is 1. The van der Waals surface area contributed by atoms with Gasteiger partial charge in [0.2, 0.25) is 0 Å². The minimum Gasteiger partial charge on any atom is -0.306 e. The Morgan fingerprint density at radius 3 is 2.00 bits per heavy atom. The van der Waals surface area contributed by atoms with E-state index in [1.54, 1.807) is 13.0 Å². The van der Waals surface area contributed by atoms with E-state index < -0.39 is 0 Å². The second kappa shape index (κ2) is 12.3. The number of likely N-dealkylation sites (tertiary alicyclic amines) is 1. The molecular weight excluding hydrogens is 401 g/mol. The fourth-order valence-electron chi connectivity index (χ4n) is 2.80. The molecule has 0 aliphatic carbocycles. The predicted molar refractivity (Wildman–Crippen MR) is 120 cm³/mol. The van der Waals surface area contributed by atoms with Crippen LogP contribution < -0.4 is 0 Å². The molecule has 3 heteroatoms. The normalized spacial score (nSPS) is 17.1. The molecule has 1 fully saturated rings. The van der Waals surface area contributed by atoms with Crippen molar-refractivity contribution in [2.24, 2.45) is 5.92 Å². The summed E-state index contributed by atoms with van der Waals surface area (Å²) in [5, 5.41) is 0. The van der Waals surface area contributed by atoms with Crippen LogP contribution in [0.5, 0.6) is 0 Å². The second-order valence-electron chi connectivity index (χ2n) is 7.84. The van der Waals surface area contributed by atoms with Gasteiger partial charge in [-0.15, -0.1) is 0 Å². The van der Waals surface area contributed by atoms with Gasteiger partial charge in [-0.25, -0.2) is 4.39 Å². The quantitative estimate of drug-likeness (QED) is 0.421. The van der Waals surface area contributed by atoms with Gasteiger partial charge in [0, 0.05) is 4.47 Å². The standard InChI is InChI=1S/C8H9Br.C8H9F.C8H17N/c2*1-6-3-4-7(2)8(9)5-6;1-8-4-3-6-9(2)7-5-8/h2*3-5H,1-2H3;8H,3-7H2,1-2H3. The van der Waals surface area contributed by atoms with Gasteiger partial charge in [-0.2, -0.15) is 0 Å². The van der Waals surface area contributed by atoms with Crippen LogP contribution in [0.3, 0.4) is 0 Å². The van der Waals surface area contributed by atoms with Crippen LogP contribution in [0, 0.1) is 39.4 Å². The zero-order chi connectivity index (χ0) is 20.4. The third-order valence-corrected chi connectivity index (χ3v) is 5.75. The third-order valence-electron chi connectivity index (χ3n) is 4.90. The van der Waals surface area contributed by atoms with E-state index in [9.17, 15) is 4.39 Å². The molecule has 1 atom stereocenters. The maximum atomic E-state index is 12.6. The second-order valence-corrected chi connectivity index (χ2v) is 8.70. The van der Waals surface area contributed by atoms with Gasteiger partial charge in [-0.05, 0) is 107 Å². The Balaban J connectivity index is 0.000000202. The van der Waals surface area contributed by atoms with Crippen molar-refractivity contribution < 1.29 is 4.39 Å². The lowest BCUT2D eigenvalue weighted by atomic mass is 10.0. The summed E-state index contributed by atoms with van der Waals surface area (Å²) in [4.78, 5) is 2.43. The van der Waals surface area contributed by atoms with Gasteiger partial charge in [0.1, 0.15) is 5.82 Å². The van der Waals surface area contributed by atoms with E-state index in [0.29, 0.717) is 5.56 Å². The Morgan fingerprint density at radius 2 is 1.48 bits per heavy atom. The highest BCUT2D eigenvalue weighted by Crippen LogP contribution is 2.16. The molecule has 0 amide bonds. The highest BCUT2D eigenvalue weighted by Gasteiger charge is 2.09. The number of halogens is 2. The molecule has 0 spiro atoms. The van der Waals surface area contributed by atoms with Crippen LogP contribution in [-0.4, -0.2) is 25.0 Å². The van der Waals surface area contributed by atoms with Crippen molar-refractivity contribution in [3.05, 3.63) is 68.9 Å². The number of hydrogen-bond acceptors (Lipinski definition) is 1. The van der Waals surface area contributed by atoms with Crippen molar-refractivity contribution in [1.29, 1.82) is 0 Å². The minimum absolute atomic E-state index is 0.116. The van der Waals surface area contributed by atoms with E-state index >= 15 is 0 Å². The topological polar surface area (TPSA) is 3.24 Å². The third kappa shape index (κ3) is 10.1. The molecule has 1 aliphatic rings. The Labute approximate surface area is 174 Å². The Kier molecular flexibility index (Phi) is 10.9. The molecule has 1 nitrogen and oxygen atoms in total. The van der Waals surface area contributed by atoms with Crippen molar-refractivity contribution >= 4 is 15.9 Å². The van der Waals surface area contributed by atoms with Crippen LogP contribution >= 0.6 is 15.9 Å². The van der Waals surface area contributed by atoms with Gasteiger partial charge < -0.3 is 4.90 Å². The van der Waals surface area contributed by atoms with Crippen molar-refractivity contribution in [3.63, 3.8) is 0 Å². The van der Waals surface area contributed by atoms with E-state index in [1.165, 1.54) is 54.0 Å². The molecular formula is C24H35BrFN. The largest absolute Gasteiger partial charge is 0.306 e. The average Bonchev–Trinajstić information content (AvgIpc) is 2.80. The molecule has 27 heavy (non-hydrogen) atoms. The predicted octanol–water partition coefficient (Wildman–Crippen LogP) is 7.25. The Morgan fingerprint density at radius 1 is 0.889 bits per heavy atom. The summed E-state index contributed by atoms with van der Waals surface area (Å²) in [6.45, 7) is 12.8. The summed E-state index contributed by atoms with van der Waals surface area (Å²) in [7, 11) is 2.22. The fraction of sp³-hybridized carbons (Fsp3) is 0.500. The van der Waals surface area contributed by atoms with E-state index in [-0.39, 0.29) is 5.82 Å². The van der Waals surface area contributed by atoms with E-state index in [2.05, 4.69) is 66.8 Å². The van der Waals surface area contributed by atoms with Gasteiger partial charge in [-0.1, -0.05) is 47.1 Å². The summed E-state index contributed by atoms with van der Waals surface area (Å²) in [6, 6.07) is 11.6. The SMILES string of the molecule is CC1CCCN(C)CC1.Cc1ccc(C)c(Br)c1.Cc1ccc(C)c(F)c1. The van der Waals surface area contributed by atoms with Crippen molar-refractivity contribution in [3.8, 4) is 0 Å². The zero-order valence-electron chi connectivity index (χ0n) is 17.8. The Hall–Kier alpha value is -1.19. The molecule has 0 radical (unpaired) electrons. The highest BCUT2D eigenvalue weighted by atomic mass is 79.9. The first-order valence-electron chi connectivity index (χ1n) is 9.83. The Bertz CT molecular complexity index is 639. The van der Waals surface area contributed by atoms with Gasteiger partial charge in [0.25, 0.3) is 0 Å². The highest BCUT2D eigenvalue weighted by molar-refractivity contribution is 9.10. The van der Waals surface area contributed by atoms with Gasteiger partial charge >= 0.3 is 0 Å². The molecule has 2 aromatic rings. The van der Waals surface area contributed by atoms with Crippen molar-refractivity contribution in [2.75, 3.05) is 20.1 Å². The number of benzene rings is 2. The van der Waals surface area contributed by atoms with E-state index in [0.717, 1.165) is 11.5 Å². The molecule has 3 rings (SSSR count). The van der Waals surface area contributed by atoms with Crippen LogP contribution in [-0.2, 0) is 0 Å². The lowest BCUT2D eigenvalue weighted by Gasteiger charge is -2.11. The molecule has 0 saturated carbocycles. The van der Waals surface area contributed by atoms with Crippen LogP contribution in [0.2, 0.25) is 0 Å². The first kappa shape index (κ1) is 23.8. The molecule has 0 aromatic heterocycles. The maximum Gasteiger partial charge on any atom is 0.126 e. The van der Waals surface area contributed by atoms with Gasteiger partial charge in [-0.3, -0.25) is 0 Å². The summed E-state index contributed by atoms with van der Waals surface area (Å²) in [5.41, 5.74) is 4.27.